The van der Waals surface area contributed by atoms with Crippen molar-refractivity contribution in [2.75, 3.05) is 6.61 Å². The molecule has 0 aromatic carbocycles. The minimum atomic E-state index is -0.617. The smallest absolute Gasteiger partial charge is 0.325 e. The summed E-state index contributed by atoms with van der Waals surface area (Å²) in [4.78, 5) is 31.4. The van der Waals surface area contributed by atoms with Crippen LogP contribution in [0.15, 0.2) is 5.38 Å². The van der Waals surface area contributed by atoms with E-state index in [2.05, 4.69) is 10.3 Å². The molecule has 3 fully saturated rings. The predicted octanol–water partition coefficient (Wildman–Crippen LogP) is 2.85. The average molecular weight is 349 g/mol. The third kappa shape index (κ3) is 2.54. The maximum absolute atomic E-state index is 13.0. The van der Waals surface area contributed by atoms with Crippen molar-refractivity contribution >= 4 is 23.3 Å². The topological polar surface area (TPSA) is 71.5 Å². The van der Waals surface area contributed by atoms with Crippen LogP contribution in [-0.2, 0) is 16.1 Å². The molecular formula is C17H23N3O3S. The Kier molecular flexibility index (Phi) is 3.88. The van der Waals surface area contributed by atoms with Crippen LogP contribution in [0.3, 0.4) is 0 Å². The molecule has 4 rings (SSSR count). The molecule has 1 unspecified atom stereocenters. The Morgan fingerprint density at radius 3 is 2.62 bits per heavy atom. The van der Waals surface area contributed by atoms with E-state index >= 15 is 0 Å². The molecule has 0 radical (unpaired) electrons. The lowest BCUT2D eigenvalue weighted by molar-refractivity contribution is -0.133. The minimum Gasteiger partial charge on any atom is -0.372 e. The summed E-state index contributed by atoms with van der Waals surface area (Å²) in [6, 6.07) is -0.258. The van der Waals surface area contributed by atoms with Crippen molar-refractivity contribution in [3.63, 3.8) is 0 Å². The quantitative estimate of drug-likeness (QED) is 0.769. The molecule has 2 heterocycles. The van der Waals surface area contributed by atoms with Gasteiger partial charge in [-0.2, -0.15) is 0 Å². The molecule has 0 bridgehead atoms. The van der Waals surface area contributed by atoms with Gasteiger partial charge in [-0.1, -0.05) is 0 Å². The Balaban J connectivity index is 1.50. The van der Waals surface area contributed by atoms with E-state index in [9.17, 15) is 9.59 Å². The van der Waals surface area contributed by atoms with Crippen LogP contribution in [0.25, 0.3) is 0 Å². The number of nitrogens with one attached hydrogen (secondary N) is 1. The van der Waals surface area contributed by atoms with Crippen LogP contribution in [0.1, 0.15) is 56.3 Å². The van der Waals surface area contributed by atoms with Gasteiger partial charge < -0.3 is 10.1 Å². The molecule has 130 valence electrons. The molecule has 2 saturated carbocycles. The molecule has 3 aliphatic rings. The second-order valence-corrected chi connectivity index (χ2v) is 7.90. The lowest BCUT2D eigenvalue weighted by Gasteiger charge is -2.26. The molecule has 7 heteroatoms. The zero-order chi connectivity index (χ0) is 16.9. The van der Waals surface area contributed by atoms with Crippen LogP contribution < -0.4 is 5.32 Å². The van der Waals surface area contributed by atoms with Crippen molar-refractivity contribution in [2.24, 2.45) is 11.8 Å². The molecule has 6 nitrogen and oxygen atoms in total. The van der Waals surface area contributed by atoms with Crippen LogP contribution in [0, 0.1) is 11.8 Å². The van der Waals surface area contributed by atoms with Crippen LogP contribution in [-0.4, -0.2) is 34.0 Å². The zero-order valence-electron chi connectivity index (χ0n) is 14.1. The Bertz CT molecular complexity index is 654. The average Bonchev–Trinajstić information content (AvgIpc) is 3.47. The number of aromatic nitrogens is 1. The largest absolute Gasteiger partial charge is 0.372 e. The van der Waals surface area contributed by atoms with Gasteiger partial charge in [0, 0.05) is 12.0 Å². The highest BCUT2D eigenvalue weighted by Gasteiger charge is 2.65. The van der Waals surface area contributed by atoms with Gasteiger partial charge in [-0.05, 0) is 51.4 Å². The van der Waals surface area contributed by atoms with Gasteiger partial charge in [-0.25, -0.2) is 9.78 Å². The monoisotopic (exact) mass is 349 g/mol. The standard InChI is InChI=1S/C17H23N3O3S/c1-3-23-10(2)14-18-13(9-24-14)8-20-15(21)17(11-4-5-11,12-6-7-12)19-16(20)22/h9-12H,3-8H2,1-2H3,(H,19,22). The van der Waals surface area contributed by atoms with Gasteiger partial charge in [0.1, 0.15) is 16.7 Å². The maximum Gasteiger partial charge on any atom is 0.325 e. The Hall–Kier alpha value is -1.47. The Morgan fingerprint density at radius 2 is 2.04 bits per heavy atom. The number of ether oxygens (including phenoxy) is 1. The molecule has 1 aromatic heterocycles. The van der Waals surface area contributed by atoms with E-state index in [0.29, 0.717) is 18.4 Å². The number of imide groups is 1. The van der Waals surface area contributed by atoms with Crippen molar-refractivity contribution in [1.29, 1.82) is 0 Å². The number of nitrogens with zero attached hydrogens (tertiary/aromatic N) is 2. The van der Waals surface area contributed by atoms with Gasteiger partial charge in [-0.15, -0.1) is 11.3 Å². The number of urea groups is 1. The highest BCUT2D eigenvalue weighted by molar-refractivity contribution is 7.09. The normalized spacial score (nSPS) is 24.3. The molecule has 1 saturated heterocycles. The molecule has 1 aromatic rings. The van der Waals surface area contributed by atoms with E-state index in [-0.39, 0.29) is 24.6 Å². The molecule has 2 aliphatic carbocycles. The first-order valence-electron chi connectivity index (χ1n) is 8.76. The lowest BCUT2D eigenvalue weighted by Crippen LogP contribution is -2.51. The summed E-state index contributed by atoms with van der Waals surface area (Å²) in [6.45, 7) is 4.80. The highest BCUT2D eigenvalue weighted by Crippen LogP contribution is 2.54. The molecule has 24 heavy (non-hydrogen) atoms. The van der Waals surface area contributed by atoms with Crippen molar-refractivity contribution in [2.45, 2.75) is 57.7 Å². The number of carbonyl (C=O) groups excluding carboxylic acids is 2. The van der Waals surface area contributed by atoms with Gasteiger partial charge in [0.15, 0.2) is 0 Å². The van der Waals surface area contributed by atoms with Gasteiger partial charge in [0.25, 0.3) is 5.91 Å². The highest BCUT2D eigenvalue weighted by atomic mass is 32.1. The SMILES string of the molecule is CCOC(C)c1nc(CN2C(=O)NC(C3CC3)(C3CC3)C2=O)cs1. The van der Waals surface area contributed by atoms with E-state index in [4.69, 9.17) is 4.74 Å². The minimum absolute atomic E-state index is 0.0371. The third-order valence-corrected chi connectivity index (χ3v) is 6.31. The fraction of sp³-hybridized carbons (Fsp3) is 0.706. The number of thiazole rings is 1. The van der Waals surface area contributed by atoms with E-state index in [0.717, 1.165) is 36.4 Å². The van der Waals surface area contributed by atoms with Crippen LogP contribution in [0.4, 0.5) is 4.79 Å². The summed E-state index contributed by atoms with van der Waals surface area (Å²) in [6.07, 6.45) is 4.12. The second-order valence-electron chi connectivity index (χ2n) is 7.01. The van der Waals surface area contributed by atoms with Crippen molar-refractivity contribution < 1.29 is 14.3 Å². The van der Waals surface area contributed by atoms with Crippen LogP contribution in [0.5, 0.6) is 0 Å². The molecule has 1 atom stereocenters. The molecule has 3 amide bonds. The fourth-order valence-corrected chi connectivity index (χ4v) is 4.60. The number of hydrogen-bond donors (Lipinski definition) is 1. The molecular weight excluding hydrogens is 326 g/mol. The first kappa shape index (κ1) is 16.0. The summed E-state index contributed by atoms with van der Waals surface area (Å²) >= 11 is 1.51. The maximum atomic E-state index is 13.0. The van der Waals surface area contributed by atoms with Gasteiger partial charge in [-0.3, -0.25) is 9.69 Å². The van der Waals surface area contributed by atoms with Crippen LogP contribution in [0.2, 0.25) is 0 Å². The van der Waals surface area contributed by atoms with Gasteiger partial charge in [0.05, 0.1) is 12.2 Å². The van der Waals surface area contributed by atoms with Crippen molar-refractivity contribution in [3.05, 3.63) is 16.1 Å². The van der Waals surface area contributed by atoms with Crippen molar-refractivity contribution in [1.82, 2.24) is 15.2 Å². The molecule has 0 spiro atoms. The summed E-state index contributed by atoms with van der Waals surface area (Å²) in [5, 5.41) is 5.85. The first-order valence-corrected chi connectivity index (χ1v) is 9.64. The summed E-state index contributed by atoms with van der Waals surface area (Å²) in [5.41, 5.74) is 0.140. The Morgan fingerprint density at radius 1 is 1.38 bits per heavy atom. The summed E-state index contributed by atoms with van der Waals surface area (Å²) < 4.78 is 5.55. The molecule has 1 N–H and O–H groups in total. The van der Waals surface area contributed by atoms with E-state index in [1.807, 2.05) is 19.2 Å². The Labute approximate surface area is 145 Å². The number of rotatable bonds is 7. The van der Waals surface area contributed by atoms with E-state index < -0.39 is 5.54 Å². The fourth-order valence-electron chi connectivity index (χ4n) is 3.79. The summed E-state index contributed by atoms with van der Waals surface area (Å²) in [5.74, 6) is 0.621. The lowest BCUT2D eigenvalue weighted by atomic mass is 9.87. The zero-order valence-corrected chi connectivity index (χ0v) is 14.9. The first-order chi connectivity index (χ1) is 11.6. The number of amides is 3. The van der Waals surface area contributed by atoms with E-state index in [1.165, 1.54) is 16.2 Å². The third-order valence-electron chi connectivity index (χ3n) is 5.25. The number of carbonyl (C=O) groups is 2. The van der Waals surface area contributed by atoms with Gasteiger partial charge in [0.2, 0.25) is 0 Å². The predicted molar refractivity (Wildman–Crippen MR) is 89.4 cm³/mol. The number of hydrogen-bond acceptors (Lipinski definition) is 5. The molecule has 1 aliphatic heterocycles. The van der Waals surface area contributed by atoms with Crippen molar-refractivity contribution in [3.8, 4) is 0 Å². The van der Waals surface area contributed by atoms with E-state index in [1.54, 1.807) is 0 Å². The van der Waals surface area contributed by atoms with Crippen LogP contribution >= 0.6 is 11.3 Å². The van der Waals surface area contributed by atoms with Gasteiger partial charge >= 0.3 is 6.03 Å². The second kappa shape index (κ2) is 5.81. The summed E-state index contributed by atoms with van der Waals surface area (Å²) in [7, 11) is 0.